The first-order chi connectivity index (χ1) is 14.8. The van der Waals surface area contributed by atoms with Gasteiger partial charge in [-0.05, 0) is 30.4 Å². The molecule has 162 valence electrons. The van der Waals surface area contributed by atoms with Crippen LogP contribution in [0.4, 0.5) is 10.5 Å². The summed E-state index contributed by atoms with van der Waals surface area (Å²) < 4.78 is 3.63. The number of carbonyl (C=O) groups is 2. The highest BCUT2D eigenvalue weighted by Gasteiger charge is 2.54. The maximum atomic E-state index is 12.9. The van der Waals surface area contributed by atoms with Gasteiger partial charge in [-0.2, -0.15) is 5.10 Å². The van der Waals surface area contributed by atoms with Crippen LogP contribution in [0, 0.1) is 5.41 Å². The molecular formula is C22H27N7O2. The van der Waals surface area contributed by atoms with E-state index >= 15 is 0 Å². The molecule has 9 heteroatoms. The van der Waals surface area contributed by atoms with E-state index in [-0.39, 0.29) is 23.4 Å². The molecule has 1 aliphatic heterocycles. The molecule has 0 aromatic carbocycles. The lowest BCUT2D eigenvalue weighted by molar-refractivity contribution is -0.0582. The number of nitrogens with zero attached hydrogens (tertiary/aromatic N) is 5. The van der Waals surface area contributed by atoms with Crippen LogP contribution in [0.2, 0.25) is 0 Å². The molecule has 1 saturated carbocycles. The quantitative estimate of drug-likeness (QED) is 0.677. The predicted octanol–water partition coefficient (Wildman–Crippen LogP) is 2.62. The summed E-state index contributed by atoms with van der Waals surface area (Å²) in [4.78, 5) is 31.3. The summed E-state index contributed by atoms with van der Waals surface area (Å²) in [6, 6.07) is 1.88. The molecule has 0 atom stereocenters. The number of nitrogens with one attached hydrogen (secondary N) is 2. The van der Waals surface area contributed by atoms with Crippen LogP contribution < -0.4 is 10.6 Å². The van der Waals surface area contributed by atoms with Crippen LogP contribution >= 0.6 is 0 Å². The first-order valence-corrected chi connectivity index (χ1v) is 10.6. The monoisotopic (exact) mass is 421 g/mol. The number of anilines is 1. The number of urea groups is 1. The van der Waals surface area contributed by atoms with Gasteiger partial charge in [0.25, 0.3) is 5.91 Å². The van der Waals surface area contributed by atoms with Crippen LogP contribution in [0.5, 0.6) is 0 Å². The van der Waals surface area contributed by atoms with Crippen molar-refractivity contribution in [2.24, 2.45) is 12.5 Å². The molecule has 1 spiro atoms. The second-order valence-electron chi connectivity index (χ2n) is 9.26. The Morgan fingerprint density at radius 1 is 1.16 bits per heavy atom. The molecule has 2 aliphatic rings. The third-order valence-corrected chi connectivity index (χ3v) is 6.48. The highest BCUT2D eigenvalue weighted by atomic mass is 16.2. The molecule has 3 aromatic rings. The van der Waals surface area contributed by atoms with Crippen molar-refractivity contribution < 1.29 is 9.59 Å². The van der Waals surface area contributed by atoms with Crippen LogP contribution in [0.3, 0.4) is 0 Å². The van der Waals surface area contributed by atoms with Gasteiger partial charge < -0.3 is 20.1 Å². The smallest absolute Gasteiger partial charge is 0.319 e. The third kappa shape index (κ3) is 3.43. The highest BCUT2D eigenvalue weighted by molar-refractivity contribution is 6.00. The Balaban J connectivity index is 1.12. The van der Waals surface area contributed by atoms with E-state index in [0.717, 1.165) is 37.1 Å². The standard InChI is InChI=1S/C22H27N7O2/c1-14(2)15-6-16(10-23-9-15)25-21(31)26-17-7-22(8-17)12-28(13-22)20(30)18-11-24-29-5-4-27(3)19(18)29/h4-6,9-11,14,17H,7-8,12-13H2,1-3H3,(H2,25,26,31). The van der Waals surface area contributed by atoms with Gasteiger partial charge in [-0.3, -0.25) is 9.78 Å². The van der Waals surface area contributed by atoms with E-state index in [0.29, 0.717) is 17.2 Å². The molecule has 0 bridgehead atoms. The molecule has 3 amide bonds. The molecular weight excluding hydrogens is 394 g/mol. The SMILES string of the molecule is CC(C)c1cncc(NC(=O)NC2CC3(C2)CN(C(=O)c2cnn4ccn(C)c24)C3)c1. The lowest BCUT2D eigenvalue weighted by atomic mass is 9.60. The van der Waals surface area contributed by atoms with Gasteiger partial charge in [0, 0.05) is 50.2 Å². The van der Waals surface area contributed by atoms with Crippen molar-refractivity contribution in [2.75, 3.05) is 18.4 Å². The zero-order valence-electron chi connectivity index (χ0n) is 18.0. The number of carbonyl (C=O) groups excluding carboxylic acids is 2. The van der Waals surface area contributed by atoms with E-state index in [1.165, 1.54) is 0 Å². The largest absolute Gasteiger partial charge is 0.337 e. The minimum atomic E-state index is -0.208. The summed E-state index contributed by atoms with van der Waals surface area (Å²) >= 11 is 0. The van der Waals surface area contributed by atoms with Crippen molar-refractivity contribution in [3.8, 4) is 0 Å². The molecule has 31 heavy (non-hydrogen) atoms. The number of pyridine rings is 1. The summed E-state index contributed by atoms with van der Waals surface area (Å²) in [5.41, 5.74) is 3.37. The molecule has 5 rings (SSSR count). The summed E-state index contributed by atoms with van der Waals surface area (Å²) in [6.45, 7) is 5.65. The van der Waals surface area contributed by atoms with Gasteiger partial charge in [0.1, 0.15) is 11.2 Å². The van der Waals surface area contributed by atoms with Crippen LogP contribution in [0.1, 0.15) is 48.5 Å². The van der Waals surface area contributed by atoms with E-state index in [9.17, 15) is 9.59 Å². The van der Waals surface area contributed by atoms with E-state index in [4.69, 9.17) is 0 Å². The first kappa shape index (κ1) is 19.6. The average Bonchev–Trinajstić information content (AvgIpc) is 3.25. The number of rotatable bonds is 4. The Kier molecular flexibility index (Phi) is 4.49. The van der Waals surface area contributed by atoms with Gasteiger partial charge >= 0.3 is 6.03 Å². The van der Waals surface area contributed by atoms with Crippen molar-refractivity contribution in [1.82, 2.24) is 29.4 Å². The number of imidazole rings is 1. The number of aryl methyl sites for hydroxylation is 1. The second-order valence-corrected chi connectivity index (χ2v) is 9.26. The second kappa shape index (κ2) is 7.11. The lowest BCUT2D eigenvalue weighted by Crippen LogP contribution is -2.67. The highest BCUT2D eigenvalue weighted by Crippen LogP contribution is 2.48. The fourth-order valence-electron chi connectivity index (χ4n) is 4.82. The maximum Gasteiger partial charge on any atom is 0.319 e. The molecule has 0 unspecified atom stereocenters. The number of aromatic nitrogens is 4. The topological polar surface area (TPSA) is 96.6 Å². The van der Waals surface area contributed by atoms with Gasteiger partial charge in [0.2, 0.25) is 0 Å². The van der Waals surface area contributed by atoms with E-state index in [1.807, 2.05) is 41.2 Å². The van der Waals surface area contributed by atoms with E-state index in [2.05, 4.69) is 34.6 Å². The zero-order chi connectivity index (χ0) is 21.8. The number of hydrogen-bond donors (Lipinski definition) is 2. The molecule has 3 aromatic heterocycles. The van der Waals surface area contributed by atoms with E-state index in [1.54, 1.807) is 16.9 Å². The summed E-state index contributed by atoms with van der Waals surface area (Å²) in [6.07, 6.45) is 10.6. The predicted molar refractivity (Wildman–Crippen MR) is 116 cm³/mol. The Hall–Kier alpha value is -3.36. The molecule has 2 N–H and O–H groups in total. The van der Waals surface area contributed by atoms with E-state index < -0.39 is 0 Å². The zero-order valence-corrected chi connectivity index (χ0v) is 18.0. The summed E-state index contributed by atoms with van der Waals surface area (Å²) in [7, 11) is 1.91. The van der Waals surface area contributed by atoms with Gasteiger partial charge in [0.15, 0.2) is 0 Å². The van der Waals surface area contributed by atoms with Crippen molar-refractivity contribution in [3.05, 3.63) is 48.2 Å². The fraction of sp³-hybridized carbons (Fsp3) is 0.455. The minimum Gasteiger partial charge on any atom is -0.337 e. The Morgan fingerprint density at radius 3 is 2.68 bits per heavy atom. The van der Waals surface area contributed by atoms with Gasteiger partial charge in [0.05, 0.1) is 18.1 Å². The van der Waals surface area contributed by atoms with Gasteiger partial charge in [-0.1, -0.05) is 13.8 Å². The van der Waals surface area contributed by atoms with Crippen LogP contribution in [0.15, 0.2) is 37.1 Å². The minimum absolute atomic E-state index is 0.0223. The number of hydrogen-bond acceptors (Lipinski definition) is 4. The van der Waals surface area contributed by atoms with Crippen LogP contribution in [-0.4, -0.2) is 55.1 Å². The van der Waals surface area contributed by atoms with Crippen molar-refractivity contribution in [1.29, 1.82) is 0 Å². The molecule has 9 nitrogen and oxygen atoms in total. The summed E-state index contributed by atoms with van der Waals surface area (Å²) in [5, 5.41) is 10.2. The number of likely N-dealkylation sites (tertiary alicyclic amines) is 1. The molecule has 1 aliphatic carbocycles. The molecule has 4 heterocycles. The van der Waals surface area contributed by atoms with Crippen molar-refractivity contribution in [2.45, 2.75) is 38.6 Å². The maximum absolute atomic E-state index is 12.9. The molecule has 0 radical (unpaired) electrons. The van der Waals surface area contributed by atoms with Gasteiger partial charge in [-0.25, -0.2) is 9.31 Å². The Labute approximate surface area is 180 Å². The van der Waals surface area contributed by atoms with Crippen LogP contribution in [-0.2, 0) is 7.05 Å². The lowest BCUT2D eigenvalue weighted by Gasteiger charge is -2.58. The molecule has 1 saturated heterocycles. The average molecular weight is 422 g/mol. The number of fused-ring (bicyclic) bond motifs is 1. The normalized spacial score (nSPS) is 17.6. The Bertz CT molecular complexity index is 1150. The Morgan fingerprint density at radius 2 is 1.94 bits per heavy atom. The molecule has 2 fully saturated rings. The van der Waals surface area contributed by atoms with Gasteiger partial charge in [-0.15, -0.1) is 0 Å². The van der Waals surface area contributed by atoms with Crippen LogP contribution in [0.25, 0.3) is 5.65 Å². The summed E-state index contributed by atoms with van der Waals surface area (Å²) in [5.74, 6) is 0.377. The fourth-order valence-corrected chi connectivity index (χ4v) is 4.82. The van der Waals surface area contributed by atoms with Crippen molar-refractivity contribution in [3.63, 3.8) is 0 Å². The number of amides is 3. The first-order valence-electron chi connectivity index (χ1n) is 10.6. The third-order valence-electron chi connectivity index (χ3n) is 6.48. The van der Waals surface area contributed by atoms with Crippen molar-refractivity contribution >= 4 is 23.3 Å².